The standard InChI is InChI=1S/C26H38F2N2O/c1-3-5-6-7-8-9-10-11-21-12-14-22(15-13-21)26-29-19-25(20-30-26)31-17-16-24(28)18-23(27)4-2/h12-15,19-20,23-24H,3-11,16-18H2,1-2H3. The second-order valence-electron chi connectivity index (χ2n) is 8.29. The van der Waals surface area contributed by atoms with Crippen molar-refractivity contribution < 1.29 is 13.5 Å². The van der Waals surface area contributed by atoms with Crippen LogP contribution in [0.3, 0.4) is 0 Å². The summed E-state index contributed by atoms with van der Waals surface area (Å²) in [6.07, 6.45) is 11.7. The van der Waals surface area contributed by atoms with E-state index < -0.39 is 12.3 Å². The number of benzene rings is 1. The van der Waals surface area contributed by atoms with Gasteiger partial charge in [-0.25, -0.2) is 18.7 Å². The number of aromatic nitrogens is 2. The monoisotopic (exact) mass is 432 g/mol. The fraction of sp³-hybridized carbons (Fsp3) is 0.615. The minimum Gasteiger partial charge on any atom is -0.490 e. The number of rotatable bonds is 16. The molecule has 0 aliphatic rings. The van der Waals surface area contributed by atoms with Crippen LogP contribution < -0.4 is 4.74 Å². The Morgan fingerprint density at radius 3 is 2.13 bits per heavy atom. The Kier molecular flexibility index (Phi) is 12.1. The van der Waals surface area contributed by atoms with Crippen molar-refractivity contribution in [3.8, 4) is 17.1 Å². The fourth-order valence-electron chi connectivity index (χ4n) is 3.51. The molecule has 0 amide bonds. The molecule has 1 aromatic carbocycles. The van der Waals surface area contributed by atoms with Gasteiger partial charge in [-0.05, 0) is 24.8 Å². The Morgan fingerprint density at radius 2 is 1.48 bits per heavy atom. The van der Waals surface area contributed by atoms with E-state index in [1.807, 2.05) is 0 Å². The zero-order valence-corrected chi connectivity index (χ0v) is 19.2. The van der Waals surface area contributed by atoms with Crippen LogP contribution in [-0.2, 0) is 6.42 Å². The third kappa shape index (κ3) is 10.2. The lowest BCUT2D eigenvalue weighted by atomic mass is 10.0. The third-order valence-electron chi connectivity index (χ3n) is 5.56. The van der Waals surface area contributed by atoms with Gasteiger partial charge in [-0.3, -0.25) is 0 Å². The van der Waals surface area contributed by atoms with E-state index in [-0.39, 0.29) is 19.4 Å². The van der Waals surface area contributed by atoms with E-state index in [0.717, 1.165) is 12.0 Å². The second kappa shape index (κ2) is 14.9. The van der Waals surface area contributed by atoms with Gasteiger partial charge in [-0.15, -0.1) is 0 Å². The number of hydrogen-bond acceptors (Lipinski definition) is 3. The van der Waals surface area contributed by atoms with Crippen molar-refractivity contribution in [2.24, 2.45) is 0 Å². The van der Waals surface area contributed by atoms with Crippen molar-refractivity contribution in [2.45, 2.75) is 96.8 Å². The molecule has 0 saturated heterocycles. The Morgan fingerprint density at radius 1 is 0.839 bits per heavy atom. The van der Waals surface area contributed by atoms with Crippen molar-refractivity contribution in [2.75, 3.05) is 6.61 Å². The highest BCUT2D eigenvalue weighted by Crippen LogP contribution is 2.19. The fourth-order valence-corrected chi connectivity index (χ4v) is 3.51. The molecule has 0 bridgehead atoms. The summed E-state index contributed by atoms with van der Waals surface area (Å²) in [6, 6.07) is 8.41. The van der Waals surface area contributed by atoms with Crippen molar-refractivity contribution in [3.63, 3.8) is 0 Å². The van der Waals surface area contributed by atoms with Crippen molar-refractivity contribution in [1.29, 1.82) is 0 Å². The first kappa shape index (κ1) is 25.2. The molecule has 0 N–H and O–H groups in total. The van der Waals surface area contributed by atoms with E-state index in [1.54, 1.807) is 19.3 Å². The molecule has 2 unspecified atom stereocenters. The number of unbranched alkanes of at least 4 members (excludes halogenated alkanes) is 6. The summed E-state index contributed by atoms with van der Waals surface area (Å²) in [5.41, 5.74) is 2.31. The van der Waals surface area contributed by atoms with Crippen LogP contribution in [0.25, 0.3) is 11.4 Å². The molecule has 0 radical (unpaired) electrons. The van der Waals surface area contributed by atoms with Gasteiger partial charge in [0.15, 0.2) is 11.6 Å². The van der Waals surface area contributed by atoms with Crippen LogP contribution in [0.5, 0.6) is 5.75 Å². The lowest BCUT2D eigenvalue weighted by Crippen LogP contribution is -2.13. The zero-order chi connectivity index (χ0) is 22.3. The Hall–Kier alpha value is -2.04. The maximum absolute atomic E-state index is 13.7. The van der Waals surface area contributed by atoms with Crippen molar-refractivity contribution in [3.05, 3.63) is 42.2 Å². The molecule has 0 aliphatic carbocycles. The average Bonchev–Trinajstić information content (AvgIpc) is 2.79. The van der Waals surface area contributed by atoms with Gasteiger partial charge in [0.1, 0.15) is 12.3 Å². The molecule has 2 atom stereocenters. The summed E-state index contributed by atoms with van der Waals surface area (Å²) in [7, 11) is 0. The van der Waals surface area contributed by atoms with Gasteiger partial charge in [0, 0.05) is 18.4 Å². The van der Waals surface area contributed by atoms with E-state index in [9.17, 15) is 8.78 Å². The molecule has 0 saturated carbocycles. The molecule has 1 heterocycles. The summed E-state index contributed by atoms with van der Waals surface area (Å²) < 4.78 is 32.4. The quantitative estimate of drug-likeness (QED) is 0.255. The molecular formula is C26H38F2N2O. The van der Waals surface area contributed by atoms with E-state index in [2.05, 4.69) is 41.2 Å². The number of nitrogens with zero attached hydrogens (tertiary/aromatic N) is 2. The van der Waals surface area contributed by atoms with Crippen LogP contribution >= 0.6 is 0 Å². The Balaban J connectivity index is 1.71. The molecule has 0 fully saturated rings. The SMILES string of the molecule is CCCCCCCCCc1ccc(-c2ncc(OCCC(F)CC(F)CC)cn2)cc1. The minimum absolute atomic E-state index is 0.0652. The Labute approximate surface area is 186 Å². The maximum atomic E-state index is 13.7. The lowest BCUT2D eigenvalue weighted by molar-refractivity contribution is 0.179. The van der Waals surface area contributed by atoms with Gasteiger partial charge in [0.05, 0.1) is 19.0 Å². The third-order valence-corrected chi connectivity index (χ3v) is 5.56. The number of halogens is 2. The van der Waals surface area contributed by atoms with Crippen molar-refractivity contribution in [1.82, 2.24) is 9.97 Å². The summed E-state index contributed by atoms with van der Waals surface area (Å²) in [5, 5.41) is 0. The number of aryl methyl sites for hydroxylation is 1. The first-order chi connectivity index (χ1) is 15.1. The highest BCUT2D eigenvalue weighted by Gasteiger charge is 2.13. The van der Waals surface area contributed by atoms with Crippen LogP contribution in [0.1, 0.15) is 83.6 Å². The maximum Gasteiger partial charge on any atom is 0.159 e. The van der Waals surface area contributed by atoms with Crippen molar-refractivity contribution >= 4 is 0 Å². The molecule has 0 aliphatic heterocycles. The Bertz CT molecular complexity index is 706. The van der Waals surface area contributed by atoms with Crippen LogP contribution in [0.2, 0.25) is 0 Å². The molecule has 2 rings (SSSR count). The minimum atomic E-state index is -1.19. The van der Waals surface area contributed by atoms with Gasteiger partial charge >= 0.3 is 0 Å². The molecular weight excluding hydrogens is 394 g/mol. The number of alkyl halides is 2. The van der Waals surface area contributed by atoms with Gasteiger partial charge in [-0.2, -0.15) is 0 Å². The normalized spacial score (nSPS) is 13.2. The van der Waals surface area contributed by atoms with Gasteiger partial charge in [0.2, 0.25) is 0 Å². The molecule has 0 spiro atoms. The average molecular weight is 433 g/mol. The van der Waals surface area contributed by atoms with Crippen LogP contribution in [0.4, 0.5) is 8.78 Å². The van der Waals surface area contributed by atoms with Gasteiger partial charge in [0.25, 0.3) is 0 Å². The zero-order valence-electron chi connectivity index (χ0n) is 19.2. The molecule has 1 aromatic heterocycles. The van der Waals surface area contributed by atoms with E-state index >= 15 is 0 Å². The lowest BCUT2D eigenvalue weighted by Gasteiger charge is -2.11. The van der Waals surface area contributed by atoms with Crippen LogP contribution in [-0.4, -0.2) is 28.9 Å². The summed E-state index contributed by atoms with van der Waals surface area (Å²) >= 11 is 0. The first-order valence-electron chi connectivity index (χ1n) is 11.9. The van der Waals surface area contributed by atoms with E-state index in [1.165, 1.54) is 50.5 Å². The molecule has 3 nitrogen and oxygen atoms in total. The van der Waals surface area contributed by atoms with E-state index in [0.29, 0.717) is 18.0 Å². The topological polar surface area (TPSA) is 35.0 Å². The van der Waals surface area contributed by atoms with Gasteiger partial charge in [-0.1, -0.05) is 76.6 Å². The smallest absolute Gasteiger partial charge is 0.159 e. The number of ether oxygens (including phenoxy) is 1. The predicted octanol–water partition coefficient (Wildman–Crippen LogP) is 7.68. The van der Waals surface area contributed by atoms with Crippen LogP contribution in [0, 0.1) is 0 Å². The molecule has 172 valence electrons. The predicted molar refractivity (Wildman–Crippen MR) is 124 cm³/mol. The highest BCUT2D eigenvalue weighted by atomic mass is 19.1. The highest BCUT2D eigenvalue weighted by molar-refractivity contribution is 5.55. The summed E-state index contributed by atoms with van der Waals surface area (Å²) in [6.45, 7) is 4.16. The second-order valence-corrected chi connectivity index (χ2v) is 8.29. The van der Waals surface area contributed by atoms with E-state index in [4.69, 9.17) is 4.74 Å². The molecule has 2 aromatic rings. The van der Waals surface area contributed by atoms with Gasteiger partial charge < -0.3 is 4.74 Å². The largest absolute Gasteiger partial charge is 0.490 e. The van der Waals surface area contributed by atoms with Crippen LogP contribution in [0.15, 0.2) is 36.7 Å². The summed E-state index contributed by atoms with van der Waals surface area (Å²) in [4.78, 5) is 8.72. The molecule has 5 heteroatoms. The number of hydrogen-bond donors (Lipinski definition) is 0. The molecule has 31 heavy (non-hydrogen) atoms. The summed E-state index contributed by atoms with van der Waals surface area (Å²) in [5.74, 6) is 1.14. The first-order valence-corrected chi connectivity index (χ1v) is 11.9.